The van der Waals surface area contributed by atoms with Gasteiger partial charge in [-0.05, 0) is 28.7 Å². The van der Waals surface area contributed by atoms with Gasteiger partial charge in [-0.1, -0.05) is 57.2 Å². The van der Waals surface area contributed by atoms with Crippen LogP contribution in [0, 0.1) is 6.92 Å². The fraction of sp³-hybridized carbons (Fsp3) is 0.296. The van der Waals surface area contributed by atoms with E-state index in [1.165, 1.54) is 5.56 Å². The van der Waals surface area contributed by atoms with Gasteiger partial charge < -0.3 is 4.74 Å². The minimum absolute atomic E-state index is 0.0777. The summed E-state index contributed by atoms with van der Waals surface area (Å²) in [5.74, 6) is 0.706. The number of hydrogen-bond acceptors (Lipinski definition) is 5. The summed E-state index contributed by atoms with van der Waals surface area (Å²) in [6.45, 7) is 9.30. The van der Waals surface area contributed by atoms with E-state index in [0.717, 1.165) is 16.6 Å². The van der Waals surface area contributed by atoms with E-state index in [1.807, 2.05) is 43.3 Å². The van der Waals surface area contributed by atoms with Crippen molar-refractivity contribution in [3.05, 3.63) is 75.8 Å². The second-order valence-corrected chi connectivity index (χ2v) is 9.70. The lowest BCUT2D eigenvalue weighted by Crippen LogP contribution is -2.32. The van der Waals surface area contributed by atoms with Crippen LogP contribution in [0.25, 0.3) is 33.2 Å². The molecule has 0 saturated heterocycles. The lowest BCUT2D eigenvalue weighted by Gasteiger charge is -2.18. The van der Waals surface area contributed by atoms with Crippen molar-refractivity contribution in [2.24, 2.45) is 5.10 Å². The highest BCUT2D eigenvalue weighted by atomic mass is 16.5. The van der Waals surface area contributed by atoms with Crippen LogP contribution in [0.1, 0.15) is 37.7 Å². The standard InChI is InChI=1S/C27H28N6O2/c1-17-29-24-22(26(34)32(17)14-15-35-5)23-25(31-21-9-7-6-8-20(21)30-23)33(24)28-16-18-10-12-19(13-11-18)27(2,3)4/h6-13,16H,14-15H2,1-5H3/p+1/b28-16+. The molecule has 0 aliphatic heterocycles. The number of nitrogens with one attached hydrogen (secondary N) is 1. The SMILES string of the molecule is COCCn1c(C)[nH+]c2c(c1=O)c1nc3ccccc3nc1n2/N=C/c1ccc(C(C)(C)C)cc1. The van der Waals surface area contributed by atoms with Crippen LogP contribution in [0.15, 0.2) is 58.4 Å². The third kappa shape index (κ3) is 4.10. The molecule has 0 fully saturated rings. The van der Waals surface area contributed by atoms with Crippen molar-refractivity contribution in [3.63, 3.8) is 0 Å². The Balaban J connectivity index is 1.74. The molecule has 8 heteroatoms. The molecule has 35 heavy (non-hydrogen) atoms. The molecular formula is C27H29N6O2+. The van der Waals surface area contributed by atoms with Gasteiger partial charge in [0.25, 0.3) is 5.65 Å². The Morgan fingerprint density at radius 2 is 1.74 bits per heavy atom. The predicted octanol–water partition coefficient (Wildman–Crippen LogP) is 3.85. The number of H-pyrrole nitrogens is 1. The molecule has 0 aliphatic carbocycles. The molecule has 5 aromatic rings. The van der Waals surface area contributed by atoms with E-state index in [9.17, 15) is 4.79 Å². The normalized spacial score (nSPS) is 12.5. The Labute approximate surface area is 202 Å². The van der Waals surface area contributed by atoms with Gasteiger partial charge in [0.15, 0.2) is 5.39 Å². The Morgan fingerprint density at radius 1 is 1.06 bits per heavy atom. The highest BCUT2D eigenvalue weighted by molar-refractivity contribution is 6.03. The quantitative estimate of drug-likeness (QED) is 0.366. The van der Waals surface area contributed by atoms with Gasteiger partial charge >= 0.3 is 5.56 Å². The van der Waals surface area contributed by atoms with Crippen LogP contribution in [0.3, 0.4) is 0 Å². The van der Waals surface area contributed by atoms with Crippen molar-refractivity contribution in [2.45, 2.75) is 39.7 Å². The van der Waals surface area contributed by atoms with Crippen LogP contribution in [-0.4, -0.2) is 39.1 Å². The fourth-order valence-corrected chi connectivity index (χ4v) is 4.23. The van der Waals surface area contributed by atoms with Crippen LogP contribution in [-0.2, 0) is 16.7 Å². The molecule has 0 spiro atoms. The van der Waals surface area contributed by atoms with E-state index in [2.05, 4.69) is 37.9 Å². The molecular weight excluding hydrogens is 440 g/mol. The molecule has 8 nitrogen and oxygen atoms in total. The van der Waals surface area contributed by atoms with Gasteiger partial charge in [-0.3, -0.25) is 0 Å². The molecule has 1 N–H and O–H groups in total. The first-order valence-electron chi connectivity index (χ1n) is 11.7. The van der Waals surface area contributed by atoms with Gasteiger partial charge in [0.2, 0.25) is 11.5 Å². The molecule has 2 aromatic carbocycles. The smallest absolute Gasteiger partial charge is 0.323 e. The van der Waals surface area contributed by atoms with Gasteiger partial charge in [-0.25, -0.2) is 24.3 Å². The summed E-state index contributed by atoms with van der Waals surface area (Å²) in [5, 5.41) is 5.21. The summed E-state index contributed by atoms with van der Waals surface area (Å²) in [7, 11) is 1.62. The number of benzene rings is 2. The molecule has 0 amide bonds. The first-order valence-corrected chi connectivity index (χ1v) is 11.7. The third-order valence-corrected chi connectivity index (χ3v) is 6.22. The van der Waals surface area contributed by atoms with E-state index in [4.69, 9.17) is 19.8 Å². The van der Waals surface area contributed by atoms with Crippen LogP contribution in [0.4, 0.5) is 0 Å². The summed E-state index contributed by atoms with van der Waals surface area (Å²) < 4.78 is 8.55. The maximum atomic E-state index is 13.6. The van der Waals surface area contributed by atoms with Crippen molar-refractivity contribution in [2.75, 3.05) is 13.7 Å². The molecule has 0 atom stereocenters. The van der Waals surface area contributed by atoms with Gasteiger partial charge in [-0.15, -0.1) is 9.78 Å². The molecule has 3 heterocycles. The minimum atomic E-state index is -0.147. The molecule has 3 aromatic heterocycles. The van der Waals surface area contributed by atoms with Crippen LogP contribution in [0.2, 0.25) is 0 Å². The molecule has 178 valence electrons. The van der Waals surface area contributed by atoms with Crippen molar-refractivity contribution in [1.82, 2.24) is 19.2 Å². The maximum Gasteiger partial charge on any atom is 0.323 e. The Bertz CT molecular complexity index is 1640. The first-order chi connectivity index (χ1) is 16.8. The second-order valence-electron chi connectivity index (χ2n) is 9.70. The predicted molar refractivity (Wildman–Crippen MR) is 138 cm³/mol. The highest BCUT2D eigenvalue weighted by Crippen LogP contribution is 2.25. The van der Waals surface area contributed by atoms with Gasteiger partial charge in [-0.2, -0.15) is 0 Å². The zero-order valence-corrected chi connectivity index (χ0v) is 20.7. The average molecular weight is 470 g/mol. The van der Waals surface area contributed by atoms with E-state index >= 15 is 0 Å². The van der Waals surface area contributed by atoms with Crippen molar-refractivity contribution < 1.29 is 9.72 Å². The highest BCUT2D eigenvalue weighted by Gasteiger charge is 2.26. The summed E-state index contributed by atoms with van der Waals surface area (Å²) in [4.78, 5) is 26.6. The topological polar surface area (TPSA) is 88.4 Å². The molecule has 0 radical (unpaired) electrons. The minimum Gasteiger partial charge on any atom is -0.381 e. The van der Waals surface area contributed by atoms with E-state index in [-0.39, 0.29) is 11.0 Å². The summed E-state index contributed by atoms with van der Waals surface area (Å²) in [5.41, 5.74) is 5.21. The lowest BCUT2D eigenvalue weighted by atomic mass is 9.87. The molecule has 0 aliphatic rings. The van der Waals surface area contributed by atoms with Gasteiger partial charge in [0, 0.05) is 14.0 Å². The van der Waals surface area contributed by atoms with Crippen molar-refractivity contribution in [3.8, 4) is 0 Å². The zero-order valence-electron chi connectivity index (χ0n) is 20.7. The number of methoxy groups -OCH3 is 1. The molecule has 0 saturated carbocycles. The number of fused-ring (bicyclic) bond motifs is 4. The fourth-order valence-electron chi connectivity index (χ4n) is 4.23. The van der Waals surface area contributed by atoms with Crippen LogP contribution < -0.4 is 10.5 Å². The molecule has 0 bridgehead atoms. The Kier molecular flexibility index (Phi) is 5.68. The maximum absolute atomic E-state index is 13.6. The largest absolute Gasteiger partial charge is 0.381 e. The van der Waals surface area contributed by atoms with E-state index in [1.54, 1.807) is 22.6 Å². The van der Waals surface area contributed by atoms with E-state index < -0.39 is 0 Å². The number of rotatable bonds is 5. The average Bonchev–Trinajstić information content (AvgIpc) is 3.13. The van der Waals surface area contributed by atoms with Crippen LogP contribution in [0.5, 0.6) is 0 Å². The Morgan fingerprint density at radius 3 is 2.40 bits per heavy atom. The number of hydrogen-bond donors (Lipinski definition) is 0. The van der Waals surface area contributed by atoms with Crippen LogP contribution >= 0.6 is 0 Å². The first kappa shape index (κ1) is 22.9. The van der Waals surface area contributed by atoms with E-state index in [0.29, 0.717) is 41.2 Å². The van der Waals surface area contributed by atoms with Crippen molar-refractivity contribution in [1.29, 1.82) is 0 Å². The zero-order chi connectivity index (χ0) is 24.7. The number of ether oxygens (including phenoxy) is 1. The van der Waals surface area contributed by atoms with Gasteiger partial charge in [0.05, 0.1) is 30.4 Å². The number of aryl methyl sites for hydroxylation is 1. The molecule has 0 unspecified atom stereocenters. The summed E-state index contributed by atoms with van der Waals surface area (Å²) in [6.07, 6.45) is 1.78. The lowest BCUT2D eigenvalue weighted by molar-refractivity contribution is -0.368. The number of para-hydroxylation sites is 2. The summed E-state index contributed by atoms with van der Waals surface area (Å²) in [6, 6.07) is 16.0. The summed E-state index contributed by atoms with van der Waals surface area (Å²) >= 11 is 0. The van der Waals surface area contributed by atoms with Crippen molar-refractivity contribution >= 4 is 39.4 Å². The third-order valence-electron chi connectivity index (χ3n) is 6.22. The number of nitrogens with zero attached hydrogens (tertiary/aromatic N) is 5. The number of aromatic amines is 1. The second kappa shape index (κ2) is 8.70. The number of aromatic nitrogens is 5. The van der Waals surface area contributed by atoms with Gasteiger partial charge in [0.1, 0.15) is 5.52 Å². The molecule has 5 rings (SSSR count). The monoisotopic (exact) mass is 469 g/mol. The Hall–Kier alpha value is -3.91.